The number of benzene rings is 3. The van der Waals surface area contributed by atoms with Gasteiger partial charge in [0.15, 0.2) is 11.0 Å². The molecular weight excluding hydrogens is 483 g/mol. The van der Waals surface area contributed by atoms with Crippen LogP contribution in [0.5, 0.6) is 0 Å². The van der Waals surface area contributed by atoms with Gasteiger partial charge >= 0.3 is 0 Å². The summed E-state index contributed by atoms with van der Waals surface area (Å²) < 4.78 is 21.7. The van der Waals surface area contributed by atoms with Crippen LogP contribution < -0.4 is 0 Å². The molecule has 0 saturated heterocycles. The van der Waals surface area contributed by atoms with Crippen LogP contribution in [0.1, 0.15) is 5.56 Å². The smallest absolute Gasteiger partial charge is 0.191 e. The molecule has 176 valence electrons. The van der Waals surface area contributed by atoms with Crippen LogP contribution in [0.3, 0.4) is 0 Å². The molecule has 2 heterocycles. The van der Waals surface area contributed by atoms with Gasteiger partial charge in [-0.1, -0.05) is 78.0 Å². The Kier molecular flexibility index (Phi) is 7.08. The van der Waals surface area contributed by atoms with Gasteiger partial charge in [0.2, 0.25) is 0 Å². The first kappa shape index (κ1) is 23.5. The zero-order valence-corrected chi connectivity index (χ0v) is 20.6. The van der Waals surface area contributed by atoms with Gasteiger partial charge in [0.05, 0.1) is 24.4 Å². The first-order valence-electron chi connectivity index (χ1n) is 11.1. The summed E-state index contributed by atoms with van der Waals surface area (Å²) in [6.45, 7) is 1.02. The van der Waals surface area contributed by atoms with E-state index in [1.165, 1.54) is 17.8 Å². The Bertz CT molecular complexity index is 1460. The molecule has 35 heavy (non-hydrogen) atoms. The molecule has 8 heteroatoms. The fourth-order valence-electron chi connectivity index (χ4n) is 3.90. The second kappa shape index (κ2) is 10.6. The van der Waals surface area contributed by atoms with Gasteiger partial charge in [-0.15, -0.1) is 10.2 Å². The summed E-state index contributed by atoms with van der Waals surface area (Å²) in [5.41, 5.74) is 4.12. The van der Waals surface area contributed by atoms with Gasteiger partial charge in [-0.3, -0.25) is 4.57 Å². The molecule has 2 aromatic heterocycles. The average Bonchev–Trinajstić information content (AvgIpc) is 3.29. The number of fused-ring (bicyclic) bond motifs is 1. The summed E-state index contributed by atoms with van der Waals surface area (Å²) >= 11 is 7.63. The SMILES string of the molecule is COCCn1c(SCc2c(F)cccc2Cl)nnc1-c1cc(-c2ccccc2)nc2ccccc12. The molecule has 5 nitrogen and oxygen atoms in total. The van der Waals surface area contributed by atoms with Crippen LogP contribution in [0.2, 0.25) is 5.02 Å². The maximum Gasteiger partial charge on any atom is 0.191 e. The van der Waals surface area contributed by atoms with Crippen LogP contribution in [0.4, 0.5) is 4.39 Å². The van der Waals surface area contributed by atoms with Gasteiger partial charge in [0.25, 0.3) is 0 Å². The molecule has 0 aliphatic heterocycles. The molecule has 0 unspecified atom stereocenters. The van der Waals surface area contributed by atoms with Crippen LogP contribution in [0, 0.1) is 5.82 Å². The van der Waals surface area contributed by atoms with Crippen LogP contribution in [0.25, 0.3) is 33.5 Å². The molecule has 0 radical (unpaired) electrons. The van der Waals surface area contributed by atoms with Crippen molar-refractivity contribution in [2.24, 2.45) is 0 Å². The van der Waals surface area contributed by atoms with E-state index in [-0.39, 0.29) is 5.82 Å². The molecule has 5 rings (SSSR count). The molecule has 5 aromatic rings. The molecule has 0 N–H and O–H groups in total. The minimum atomic E-state index is -0.333. The number of pyridine rings is 1. The molecule has 0 spiro atoms. The number of ether oxygens (including phenoxy) is 1. The number of aromatic nitrogens is 4. The van der Waals surface area contributed by atoms with E-state index >= 15 is 0 Å². The van der Waals surface area contributed by atoms with Gasteiger partial charge in [-0.2, -0.15) is 0 Å². The number of rotatable bonds is 8. The lowest BCUT2D eigenvalue weighted by atomic mass is 10.0. The number of thioether (sulfide) groups is 1. The number of nitrogens with zero attached hydrogens (tertiary/aromatic N) is 4. The summed E-state index contributed by atoms with van der Waals surface area (Å²) in [5, 5.41) is 11.1. The third kappa shape index (κ3) is 4.93. The fraction of sp³-hybridized carbons (Fsp3) is 0.148. The highest BCUT2D eigenvalue weighted by Gasteiger charge is 2.19. The Balaban J connectivity index is 1.60. The van der Waals surface area contributed by atoms with Gasteiger partial charge in [0, 0.05) is 40.0 Å². The summed E-state index contributed by atoms with van der Waals surface area (Å²) in [6, 6.07) is 24.8. The predicted molar refractivity (Wildman–Crippen MR) is 139 cm³/mol. The third-order valence-corrected chi connectivity index (χ3v) is 7.02. The normalized spacial score (nSPS) is 11.3. The predicted octanol–water partition coefficient (Wildman–Crippen LogP) is 6.89. The lowest BCUT2D eigenvalue weighted by molar-refractivity contribution is 0.185. The molecule has 0 atom stereocenters. The van der Waals surface area contributed by atoms with Crippen molar-refractivity contribution in [3.63, 3.8) is 0 Å². The average molecular weight is 505 g/mol. The second-order valence-corrected chi connectivity index (χ2v) is 9.23. The van der Waals surface area contributed by atoms with Crippen LogP contribution in [-0.2, 0) is 17.0 Å². The summed E-state index contributed by atoms with van der Waals surface area (Å²) in [4.78, 5) is 4.88. The third-order valence-electron chi connectivity index (χ3n) is 5.67. The quantitative estimate of drug-likeness (QED) is 0.215. The van der Waals surface area contributed by atoms with Crippen LogP contribution in [0.15, 0.2) is 84.0 Å². The Morgan fingerprint density at radius 3 is 2.57 bits per heavy atom. The van der Waals surface area contributed by atoms with Gasteiger partial charge in [-0.05, 0) is 24.3 Å². The Labute approximate surface area is 211 Å². The van der Waals surface area contributed by atoms with Gasteiger partial charge in [-0.25, -0.2) is 9.37 Å². The van der Waals surface area contributed by atoms with Crippen LogP contribution >= 0.6 is 23.4 Å². The monoisotopic (exact) mass is 504 g/mol. The Morgan fingerprint density at radius 1 is 0.971 bits per heavy atom. The van der Waals surface area contributed by atoms with Crippen molar-refractivity contribution in [2.75, 3.05) is 13.7 Å². The summed E-state index contributed by atoms with van der Waals surface area (Å²) in [6.07, 6.45) is 0. The number of methoxy groups -OCH3 is 1. The zero-order valence-electron chi connectivity index (χ0n) is 19.0. The highest BCUT2D eigenvalue weighted by Crippen LogP contribution is 2.34. The van der Waals surface area contributed by atoms with Crippen LogP contribution in [-0.4, -0.2) is 33.5 Å². The molecule has 0 fully saturated rings. The van der Waals surface area contributed by atoms with E-state index in [4.69, 9.17) is 21.3 Å². The minimum absolute atomic E-state index is 0.333. The molecular formula is C27H22ClFN4OS. The molecule has 0 bridgehead atoms. The van der Waals surface area contributed by atoms with Crippen molar-refractivity contribution in [1.29, 1.82) is 0 Å². The number of hydrogen-bond donors (Lipinski definition) is 0. The van der Waals surface area contributed by atoms with Crippen molar-refractivity contribution in [3.05, 3.63) is 95.3 Å². The van der Waals surface area contributed by atoms with E-state index in [0.717, 1.165) is 27.7 Å². The highest BCUT2D eigenvalue weighted by molar-refractivity contribution is 7.98. The lowest BCUT2D eigenvalue weighted by Crippen LogP contribution is -2.08. The van der Waals surface area contributed by atoms with E-state index < -0.39 is 0 Å². The Hall–Kier alpha value is -3.26. The van der Waals surface area contributed by atoms with Crippen molar-refractivity contribution in [2.45, 2.75) is 17.5 Å². The number of para-hydroxylation sites is 1. The van der Waals surface area contributed by atoms with Gasteiger partial charge in [0.1, 0.15) is 5.82 Å². The van der Waals surface area contributed by atoms with E-state index in [9.17, 15) is 4.39 Å². The molecule has 0 amide bonds. The number of hydrogen-bond acceptors (Lipinski definition) is 5. The van der Waals surface area contributed by atoms with E-state index in [2.05, 4.69) is 10.2 Å². The second-order valence-electron chi connectivity index (χ2n) is 7.88. The molecule has 0 saturated carbocycles. The standard InChI is InChI=1S/C27H22ClFN4OS/c1-34-15-14-33-26(31-32-27(33)35-17-21-22(28)11-7-12-23(21)29)20-16-25(18-8-3-2-4-9-18)30-24-13-6-5-10-19(20)24/h2-13,16H,14-15,17H2,1H3. The first-order valence-corrected chi connectivity index (χ1v) is 12.5. The van der Waals surface area contributed by atoms with Crippen molar-refractivity contribution < 1.29 is 9.13 Å². The zero-order chi connectivity index (χ0) is 24.2. The summed E-state index contributed by atoms with van der Waals surface area (Å²) in [5.74, 6) is 0.712. The largest absolute Gasteiger partial charge is 0.383 e. The topological polar surface area (TPSA) is 52.8 Å². The van der Waals surface area contributed by atoms with Gasteiger partial charge < -0.3 is 4.74 Å². The summed E-state index contributed by atoms with van der Waals surface area (Å²) in [7, 11) is 1.66. The first-order chi connectivity index (χ1) is 17.2. The van der Waals surface area contributed by atoms with E-state index in [1.54, 1.807) is 19.2 Å². The minimum Gasteiger partial charge on any atom is -0.383 e. The van der Waals surface area contributed by atoms with E-state index in [1.807, 2.05) is 65.2 Å². The Morgan fingerprint density at radius 2 is 1.77 bits per heavy atom. The molecule has 0 aliphatic rings. The van der Waals surface area contributed by atoms with Crippen molar-refractivity contribution in [3.8, 4) is 22.6 Å². The number of halogens is 2. The maximum atomic E-state index is 14.3. The van der Waals surface area contributed by atoms with Crippen molar-refractivity contribution >= 4 is 34.3 Å². The molecule has 3 aromatic carbocycles. The fourth-order valence-corrected chi connectivity index (χ4v) is 5.21. The highest BCUT2D eigenvalue weighted by atomic mass is 35.5. The maximum absolute atomic E-state index is 14.3. The lowest BCUT2D eigenvalue weighted by Gasteiger charge is -2.13. The van der Waals surface area contributed by atoms with Crippen molar-refractivity contribution in [1.82, 2.24) is 19.7 Å². The molecule has 0 aliphatic carbocycles. The van der Waals surface area contributed by atoms with E-state index in [0.29, 0.717) is 40.5 Å².